The molecule has 3 rings (SSSR count). The van der Waals surface area contributed by atoms with Crippen LogP contribution in [0.1, 0.15) is 25.0 Å². The SMILES string of the molecule is CCN(CC)c1ccc(/C=C2\N=C(SCc3ccccc3Cl)SC2=O)cc1. The number of benzene rings is 2. The van der Waals surface area contributed by atoms with Crippen LogP contribution in [-0.2, 0) is 10.5 Å². The second kappa shape index (κ2) is 9.49. The van der Waals surface area contributed by atoms with E-state index in [1.54, 1.807) is 11.8 Å². The summed E-state index contributed by atoms with van der Waals surface area (Å²) in [5.74, 6) is 0.699. The number of halogens is 1. The molecule has 0 amide bonds. The van der Waals surface area contributed by atoms with Gasteiger partial charge in [0.2, 0.25) is 5.12 Å². The van der Waals surface area contributed by atoms with Gasteiger partial charge in [-0.1, -0.05) is 53.7 Å². The monoisotopic (exact) mass is 416 g/mol. The molecular formula is C21H21ClN2OS2. The number of thioether (sulfide) groups is 2. The Morgan fingerprint density at radius 3 is 2.48 bits per heavy atom. The molecule has 3 nitrogen and oxygen atoms in total. The smallest absolute Gasteiger partial charge is 0.244 e. The number of hydrogen-bond donors (Lipinski definition) is 0. The minimum Gasteiger partial charge on any atom is -0.372 e. The fraction of sp³-hybridized carbons (Fsp3) is 0.238. The predicted molar refractivity (Wildman–Crippen MR) is 121 cm³/mol. The van der Waals surface area contributed by atoms with Crippen LogP contribution in [0.15, 0.2) is 59.2 Å². The molecule has 1 aliphatic heterocycles. The van der Waals surface area contributed by atoms with Crippen LogP contribution >= 0.6 is 35.1 Å². The molecule has 0 N–H and O–H groups in total. The third-order valence-corrected chi connectivity index (χ3v) is 6.66. The van der Waals surface area contributed by atoms with Gasteiger partial charge in [0.15, 0.2) is 0 Å². The van der Waals surface area contributed by atoms with E-state index in [0.717, 1.165) is 33.6 Å². The first-order valence-electron chi connectivity index (χ1n) is 8.84. The van der Waals surface area contributed by atoms with Crippen molar-refractivity contribution in [1.29, 1.82) is 0 Å². The van der Waals surface area contributed by atoms with Gasteiger partial charge in [-0.05, 0) is 61.0 Å². The molecular weight excluding hydrogens is 396 g/mol. The quantitative estimate of drug-likeness (QED) is 0.533. The molecule has 1 aliphatic rings. The summed E-state index contributed by atoms with van der Waals surface area (Å²) in [6, 6.07) is 16.0. The van der Waals surface area contributed by atoms with Crippen LogP contribution in [0.3, 0.4) is 0 Å². The first kappa shape index (κ1) is 20.1. The molecule has 0 radical (unpaired) electrons. The number of nitrogens with zero attached hydrogens (tertiary/aromatic N) is 2. The van der Waals surface area contributed by atoms with Gasteiger partial charge in [-0.25, -0.2) is 4.99 Å². The van der Waals surface area contributed by atoms with Crippen molar-refractivity contribution in [1.82, 2.24) is 0 Å². The standard InChI is InChI=1S/C21H21ClN2OS2/c1-3-24(4-2)17-11-9-15(10-12-17)13-19-20(25)27-21(23-19)26-14-16-7-5-6-8-18(16)22/h5-13H,3-4,14H2,1-2H3/b19-13-. The summed E-state index contributed by atoms with van der Waals surface area (Å²) in [6.07, 6.45) is 1.85. The Balaban J connectivity index is 1.69. The number of aliphatic imine (C=N–C) groups is 1. The van der Waals surface area contributed by atoms with Gasteiger partial charge in [0.05, 0.1) is 0 Å². The summed E-state index contributed by atoms with van der Waals surface area (Å²) in [6.45, 7) is 6.24. The third kappa shape index (κ3) is 5.18. The zero-order chi connectivity index (χ0) is 19.2. The molecule has 0 saturated heterocycles. The topological polar surface area (TPSA) is 32.7 Å². The van der Waals surface area contributed by atoms with Crippen LogP contribution in [0, 0.1) is 0 Å². The lowest BCUT2D eigenvalue weighted by Crippen LogP contribution is -2.21. The van der Waals surface area contributed by atoms with Gasteiger partial charge in [-0.15, -0.1) is 0 Å². The zero-order valence-electron chi connectivity index (χ0n) is 15.3. The fourth-order valence-electron chi connectivity index (χ4n) is 2.73. The van der Waals surface area contributed by atoms with E-state index in [2.05, 4.69) is 35.9 Å². The van der Waals surface area contributed by atoms with Crippen molar-refractivity contribution in [2.45, 2.75) is 19.6 Å². The van der Waals surface area contributed by atoms with E-state index < -0.39 is 0 Å². The predicted octanol–water partition coefficient (Wildman–Crippen LogP) is 6.09. The number of anilines is 1. The molecule has 1 heterocycles. The molecule has 0 unspecified atom stereocenters. The van der Waals surface area contributed by atoms with Crippen LogP contribution in [0.25, 0.3) is 6.08 Å². The van der Waals surface area contributed by atoms with Gasteiger partial charge in [-0.2, -0.15) is 0 Å². The van der Waals surface area contributed by atoms with Crippen molar-refractivity contribution in [3.05, 3.63) is 70.4 Å². The van der Waals surface area contributed by atoms with Crippen molar-refractivity contribution in [3.63, 3.8) is 0 Å². The molecule has 140 valence electrons. The fourth-order valence-corrected chi connectivity index (χ4v) is 4.86. The van der Waals surface area contributed by atoms with Crippen molar-refractivity contribution in [2.75, 3.05) is 18.0 Å². The second-order valence-electron chi connectivity index (χ2n) is 5.94. The highest BCUT2D eigenvalue weighted by Gasteiger charge is 2.22. The van der Waals surface area contributed by atoms with E-state index in [9.17, 15) is 4.79 Å². The van der Waals surface area contributed by atoms with Crippen LogP contribution in [0.5, 0.6) is 0 Å². The lowest BCUT2D eigenvalue weighted by atomic mass is 10.1. The van der Waals surface area contributed by atoms with E-state index in [-0.39, 0.29) is 5.12 Å². The Labute approximate surface area is 173 Å². The lowest BCUT2D eigenvalue weighted by molar-refractivity contribution is -0.107. The summed E-state index contributed by atoms with van der Waals surface area (Å²) >= 11 is 8.92. The highest BCUT2D eigenvalue weighted by Crippen LogP contribution is 2.33. The molecule has 0 aliphatic carbocycles. The van der Waals surface area contributed by atoms with E-state index in [1.165, 1.54) is 17.4 Å². The Kier molecular flexibility index (Phi) is 7.05. The summed E-state index contributed by atoms with van der Waals surface area (Å²) in [5, 5.41) is 0.730. The lowest BCUT2D eigenvalue weighted by Gasteiger charge is -2.20. The Hall–Kier alpha value is -1.69. The number of hydrogen-bond acceptors (Lipinski definition) is 5. The highest BCUT2D eigenvalue weighted by molar-refractivity contribution is 8.45. The maximum atomic E-state index is 12.3. The summed E-state index contributed by atoms with van der Waals surface area (Å²) in [7, 11) is 0. The summed E-state index contributed by atoms with van der Waals surface area (Å²) < 4.78 is 0.769. The minimum atomic E-state index is -0.00974. The van der Waals surface area contributed by atoms with E-state index >= 15 is 0 Å². The molecule has 0 spiro atoms. The molecule has 0 bridgehead atoms. The maximum Gasteiger partial charge on any atom is 0.244 e. The van der Waals surface area contributed by atoms with Gasteiger partial charge in [0.25, 0.3) is 0 Å². The molecule has 0 fully saturated rings. The van der Waals surface area contributed by atoms with Gasteiger partial charge in [0, 0.05) is 29.6 Å². The van der Waals surface area contributed by atoms with Crippen molar-refractivity contribution in [3.8, 4) is 0 Å². The Morgan fingerprint density at radius 1 is 1.11 bits per heavy atom. The van der Waals surface area contributed by atoms with E-state index in [1.807, 2.05) is 42.5 Å². The molecule has 0 aromatic heterocycles. The third-order valence-electron chi connectivity index (χ3n) is 4.23. The molecule has 27 heavy (non-hydrogen) atoms. The Morgan fingerprint density at radius 2 is 1.81 bits per heavy atom. The maximum absolute atomic E-state index is 12.3. The van der Waals surface area contributed by atoms with E-state index in [0.29, 0.717) is 11.4 Å². The second-order valence-corrected chi connectivity index (χ2v) is 8.53. The average molecular weight is 417 g/mol. The van der Waals surface area contributed by atoms with Crippen molar-refractivity contribution in [2.24, 2.45) is 4.99 Å². The Bertz CT molecular complexity index is 874. The average Bonchev–Trinajstić information content (AvgIpc) is 3.03. The minimum absolute atomic E-state index is 0.00974. The summed E-state index contributed by atoms with van der Waals surface area (Å²) in [5.41, 5.74) is 3.71. The normalized spacial score (nSPS) is 15.3. The van der Waals surface area contributed by atoms with Gasteiger partial charge in [0.1, 0.15) is 10.1 Å². The molecule has 0 saturated carbocycles. The van der Waals surface area contributed by atoms with Crippen LogP contribution in [-0.4, -0.2) is 22.6 Å². The van der Waals surface area contributed by atoms with Gasteiger partial charge < -0.3 is 4.90 Å². The van der Waals surface area contributed by atoms with Crippen LogP contribution < -0.4 is 4.90 Å². The van der Waals surface area contributed by atoms with Crippen molar-refractivity contribution < 1.29 is 4.79 Å². The zero-order valence-corrected chi connectivity index (χ0v) is 17.7. The molecule has 2 aromatic rings. The highest BCUT2D eigenvalue weighted by atomic mass is 35.5. The molecule has 6 heteroatoms. The largest absolute Gasteiger partial charge is 0.372 e. The van der Waals surface area contributed by atoms with Gasteiger partial charge >= 0.3 is 0 Å². The first-order chi connectivity index (χ1) is 13.1. The van der Waals surface area contributed by atoms with Crippen LogP contribution in [0.2, 0.25) is 5.02 Å². The van der Waals surface area contributed by atoms with Crippen LogP contribution in [0.4, 0.5) is 5.69 Å². The number of rotatable bonds is 6. The molecule has 2 aromatic carbocycles. The number of carbonyl (C=O) groups is 1. The first-order valence-corrected chi connectivity index (χ1v) is 11.0. The summed E-state index contributed by atoms with van der Waals surface area (Å²) in [4.78, 5) is 19.1. The number of carbonyl (C=O) groups excluding carboxylic acids is 1. The van der Waals surface area contributed by atoms with Crippen molar-refractivity contribution >= 4 is 56.4 Å². The van der Waals surface area contributed by atoms with Gasteiger partial charge in [-0.3, -0.25) is 4.79 Å². The van der Waals surface area contributed by atoms with E-state index in [4.69, 9.17) is 11.6 Å². The molecule has 0 atom stereocenters.